The SMILES string of the molecule is CS(=O)(=O)C1(Cn2cc[nH]c2=S)CC1. The second-order valence-electron chi connectivity index (χ2n) is 3.85. The van der Waals surface area contributed by atoms with Crippen LogP contribution in [0.15, 0.2) is 12.4 Å². The van der Waals surface area contributed by atoms with Crippen molar-refractivity contribution in [3.63, 3.8) is 0 Å². The van der Waals surface area contributed by atoms with Crippen LogP contribution in [0.4, 0.5) is 0 Å². The van der Waals surface area contributed by atoms with Gasteiger partial charge in [-0.3, -0.25) is 0 Å². The van der Waals surface area contributed by atoms with E-state index < -0.39 is 14.6 Å². The predicted molar refractivity (Wildman–Crippen MR) is 56.4 cm³/mol. The Hall–Kier alpha value is -0.620. The zero-order valence-corrected chi connectivity index (χ0v) is 9.49. The van der Waals surface area contributed by atoms with Crippen molar-refractivity contribution in [1.82, 2.24) is 9.55 Å². The van der Waals surface area contributed by atoms with Gasteiger partial charge in [-0.05, 0) is 25.1 Å². The molecule has 1 fully saturated rings. The molecule has 6 heteroatoms. The molecular weight excluding hydrogens is 220 g/mol. The maximum absolute atomic E-state index is 11.5. The van der Waals surface area contributed by atoms with Gasteiger partial charge in [0, 0.05) is 25.2 Å². The average Bonchev–Trinajstić information content (AvgIpc) is 2.73. The van der Waals surface area contributed by atoms with Crippen molar-refractivity contribution < 1.29 is 8.42 Å². The third-order valence-electron chi connectivity index (χ3n) is 2.77. The molecule has 0 aliphatic heterocycles. The maximum atomic E-state index is 11.5. The zero-order valence-electron chi connectivity index (χ0n) is 7.86. The molecule has 0 saturated heterocycles. The molecule has 1 aromatic rings. The van der Waals surface area contributed by atoms with Crippen molar-refractivity contribution in [1.29, 1.82) is 0 Å². The first-order valence-corrected chi connectivity index (χ1v) is 6.68. The Kier molecular flexibility index (Phi) is 2.08. The van der Waals surface area contributed by atoms with Gasteiger partial charge in [0.25, 0.3) is 0 Å². The number of sulfone groups is 1. The van der Waals surface area contributed by atoms with E-state index in [-0.39, 0.29) is 0 Å². The molecule has 0 spiro atoms. The number of hydrogen-bond acceptors (Lipinski definition) is 3. The number of aromatic amines is 1. The number of nitrogens with zero attached hydrogens (tertiary/aromatic N) is 1. The summed E-state index contributed by atoms with van der Waals surface area (Å²) in [6.07, 6.45) is 6.31. The fraction of sp³-hybridized carbons (Fsp3) is 0.625. The van der Waals surface area contributed by atoms with Crippen molar-refractivity contribution in [3.05, 3.63) is 17.2 Å². The van der Waals surface area contributed by atoms with Gasteiger partial charge < -0.3 is 9.55 Å². The van der Waals surface area contributed by atoms with Crippen LogP contribution in [-0.2, 0) is 16.4 Å². The average molecular weight is 232 g/mol. The van der Waals surface area contributed by atoms with Crippen LogP contribution in [0, 0.1) is 4.77 Å². The van der Waals surface area contributed by atoms with Crippen molar-refractivity contribution >= 4 is 22.1 Å². The van der Waals surface area contributed by atoms with Crippen LogP contribution in [0.3, 0.4) is 0 Å². The first kappa shape index (κ1) is 9.92. The molecule has 0 amide bonds. The smallest absolute Gasteiger partial charge is 0.177 e. The van der Waals surface area contributed by atoms with Crippen LogP contribution < -0.4 is 0 Å². The number of aromatic nitrogens is 2. The van der Waals surface area contributed by atoms with E-state index in [1.807, 2.05) is 0 Å². The first-order valence-electron chi connectivity index (χ1n) is 4.38. The van der Waals surface area contributed by atoms with E-state index >= 15 is 0 Å². The fourth-order valence-corrected chi connectivity index (χ4v) is 2.98. The van der Waals surface area contributed by atoms with E-state index in [4.69, 9.17) is 12.2 Å². The molecule has 1 heterocycles. The van der Waals surface area contributed by atoms with E-state index in [2.05, 4.69) is 4.98 Å². The van der Waals surface area contributed by atoms with Crippen LogP contribution in [0.25, 0.3) is 0 Å². The lowest BCUT2D eigenvalue weighted by molar-refractivity contribution is 0.555. The molecule has 4 nitrogen and oxygen atoms in total. The molecule has 0 unspecified atom stereocenters. The first-order chi connectivity index (χ1) is 6.45. The second kappa shape index (κ2) is 2.93. The molecule has 1 aliphatic carbocycles. The summed E-state index contributed by atoms with van der Waals surface area (Å²) in [6, 6.07) is 0. The molecule has 78 valence electrons. The minimum Gasteiger partial charge on any atom is -0.337 e. The van der Waals surface area contributed by atoms with Crippen molar-refractivity contribution in [2.75, 3.05) is 6.26 Å². The summed E-state index contributed by atoms with van der Waals surface area (Å²) < 4.78 is 24.8. The molecule has 0 atom stereocenters. The second-order valence-corrected chi connectivity index (χ2v) is 6.65. The van der Waals surface area contributed by atoms with E-state index in [0.29, 0.717) is 11.3 Å². The largest absolute Gasteiger partial charge is 0.337 e. The lowest BCUT2D eigenvalue weighted by Crippen LogP contribution is -2.27. The van der Waals surface area contributed by atoms with Gasteiger partial charge in [0.15, 0.2) is 14.6 Å². The van der Waals surface area contributed by atoms with Gasteiger partial charge in [0.2, 0.25) is 0 Å². The van der Waals surface area contributed by atoms with Crippen LogP contribution in [-0.4, -0.2) is 29.0 Å². The Bertz CT molecular complexity index is 493. The Morgan fingerprint density at radius 3 is 2.64 bits per heavy atom. The molecular formula is C8H12N2O2S2. The Morgan fingerprint density at radius 2 is 2.29 bits per heavy atom. The third kappa shape index (κ3) is 1.52. The van der Waals surface area contributed by atoms with E-state index in [1.54, 1.807) is 17.0 Å². The summed E-state index contributed by atoms with van der Waals surface area (Å²) in [5.74, 6) is 0. The van der Waals surface area contributed by atoms with Crippen molar-refractivity contribution in [2.24, 2.45) is 0 Å². The monoisotopic (exact) mass is 232 g/mol. The standard InChI is InChI=1S/C8H12N2O2S2/c1-14(11,12)8(2-3-8)6-10-5-4-9-7(10)13/h4-5H,2-3,6H2,1H3,(H,9,13). The highest BCUT2D eigenvalue weighted by atomic mass is 32.2. The number of imidazole rings is 1. The topological polar surface area (TPSA) is 54.9 Å². The van der Waals surface area contributed by atoms with E-state index in [9.17, 15) is 8.42 Å². The van der Waals surface area contributed by atoms with Gasteiger partial charge in [-0.1, -0.05) is 0 Å². The summed E-state index contributed by atoms with van der Waals surface area (Å²) >= 11 is 5.02. The van der Waals surface area contributed by atoms with Crippen LogP contribution >= 0.6 is 12.2 Å². The molecule has 1 aromatic heterocycles. The molecule has 2 rings (SSSR count). The van der Waals surface area contributed by atoms with Crippen LogP contribution in [0.1, 0.15) is 12.8 Å². The van der Waals surface area contributed by atoms with E-state index in [0.717, 1.165) is 12.8 Å². The van der Waals surface area contributed by atoms with Crippen LogP contribution in [0.5, 0.6) is 0 Å². The predicted octanol–water partition coefficient (Wildman–Crippen LogP) is 1.12. The summed E-state index contributed by atoms with van der Waals surface area (Å²) in [6.45, 7) is 0.480. The quantitative estimate of drug-likeness (QED) is 0.795. The van der Waals surface area contributed by atoms with Crippen LogP contribution in [0.2, 0.25) is 0 Å². The van der Waals surface area contributed by atoms with Gasteiger partial charge in [0.05, 0.1) is 4.75 Å². The number of nitrogens with one attached hydrogen (secondary N) is 1. The minimum atomic E-state index is -2.97. The summed E-state index contributed by atoms with van der Waals surface area (Å²) in [7, 11) is -2.97. The Labute approximate surface area is 87.9 Å². The molecule has 14 heavy (non-hydrogen) atoms. The van der Waals surface area contributed by atoms with Crippen molar-refractivity contribution in [2.45, 2.75) is 24.1 Å². The zero-order chi connectivity index (χ0) is 10.4. The Morgan fingerprint density at radius 1 is 1.64 bits per heavy atom. The minimum absolute atomic E-state index is 0.480. The summed E-state index contributed by atoms with van der Waals surface area (Å²) in [4.78, 5) is 2.85. The molecule has 1 N–H and O–H groups in total. The highest BCUT2D eigenvalue weighted by molar-refractivity contribution is 7.92. The number of hydrogen-bond donors (Lipinski definition) is 1. The van der Waals surface area contributed by atoms with Gasteiger partial charge in [-0.25, -0.2) is 8.42 Å². The lowest BCUT2D eigenvalue weighted by atomic mass is 10.4. The highest BCUT2D eigenvalue weighted by Gasteiger charge is 2.52. The van der Waals surface area contributed by atoms with Gasteiger partial charge in [-0.2, -0.15) is 0 Å². The van der Waals surface area contributed by atoms with Crippen molar-refractivity contribution in [3.8, 4) is 0 Å². The highest BCUT2D eigenvalue weighted by Crippen LogP contribution is 2.44. The molecule has 0 aromatic carbocycles. The Balaban J connectivity index is 2.29. The molecule has 1 aliphatic rings. The molecule has 1 saturated carbocycles. The molecule has 0 radical (unpaired) electrons. The normalized spacial score (nSPS) is 19.5. The van der Waals surface area contributed by atoms with Gasteiger partial charge in [-0.15, -0.1) is 0 Å². The maximum Gasteiger partial charge on any atom is 0.177 e. The summed E-state index contributed by atoms with van der Waals surface area (Å²) in [5, 5.41) is 0. The number of H-pyrrole nitrogens is 1. The van der Waals surface area contributed by atoms with Gasteiger partial charge in [0.1, 0.15) is 0 Å². The van der Waals surface area contributed by atoms with E-state index in [1.165, 1.54) is 6.26 Å². The lowest BCUT2D eigenvalue weighted by Gasteiger charge is -2.13. The van der Waals surface area contributed by atoms with Gasteiger partial charge >= 0.3 is 0 Å². The fourth-order valence-electron chi connectivity index (χ4n) is 1.57. The number of rotatable bonds is 3. The molecule has 0 bridgehead atoms. The third-order valence-corrected chi connectivity index (χ3v) is 5.24. The summed E-state index contributed by atoms with van der Waals surface area (Å²) in [5.41, 5.74) is 0.